The number of amides is 1. The van der Waals surface area contributed by atoms with Crippen LogP contribution in [0.15, 0.2) is 54.9 Å². The van der Waals surface area contributed by atoms with Gasteiger partial charge >= 0.3 is 19.5 Å². The maximum atomic E-state index is 13.7. The number of nitrogens with one attached hydrogen (secondary N) is 1. The predicted octanol–water partition coefficient (Wildman–Crippen LogP) is 3.34. The second-order valence-corrected chi connectivity index (χ2v) is 11.9. The molecule has 2 aromatic rings. The number of pyridine rings is 1. The number of carbonyl (C=O) groups excluding carboxylic acids is 3. The van der Waals surface area contributed by atoms with Crippen LogP contribution in [0.25, 0.3) is 0 Å². The van der Waals surface area contributed by atoms with E-state index in [2.05, 4.69) is 15.0 Å². The van der Waals surface area contributed by atoms with Crippen LogP contribution >= 0.6 is 7.60 Å². The van der Waals surface area contributed by atoms with Crippen molar-refractivity contribution in [2.24, 2.45) is 11.3 Å². The number of hydrogen-bond donors (Lipinski definition) is 1. The zero-order valence-electron chi connectivity index (χ0n) is 22.0. The van der Waals surface area contributed by atoms with Crippen molar-refractivity contribution >= 4 is 25.4 Å². The third kappa shape index (κ3) is 8.75. The van der Waals surface area contributed by atoms with Crippen LogP contribution in [0.4, 0.5) is 0 Å². The molecular formula is C27H35N2O8P. The van der Waals surface area contributed by atoms with Crippen LogP contribution in [-0.2, 0) is 50.3 Å². The normalized spacial score (nSPS) is 21.2. The van der Waals surface area contributed by atoms with Gasteiger partial charge in [-0.05, 0) is 23.6 Å². The molecule has 0 bridgehead atoms. The number of hydrogen-bond acceptors (Lipinski definition) is 9. The fraction of sp³-hybridized carbons (Fsp3) is 0.481. The van der Waals surface area contributed by atoms with E-state index in [4.69, 9.17) is 13.8 Å². The van der Waals surface area contributed by atoms with Crippen molar-refractivity contribution in [3.05, 3.63) is 66.0 Å². The lowest BCUT2D eigenvalue weighted by atomic mass is 9.87. The third-order valence-electron chi connectivity index (χ3n) is 6.16. The van der Waals surface area contributed by atoms with Gasteiger partial charge in [-0.25, -0.2) is 0 Å². The Kier molecular flexibility index (Phi) is 10.6. The van der Waals surface area contributed by atoms with Crippen LogP contribution in [0.5, 0.6) is 0 Å². The van der Waals surface area contributed by atoms with Gasteiger partial charge < -0.3 is 19.3 Å². The Morgan fingerprint density at radius 2 is 1.89 bits per heavy atom. The van der Waals surface area contributed by atoms with Crippen LogP contribution in [0.3, 0.4) is 0 Å². The summed E-state index contributed by atoms with van der Waals surface area (Å²) in [5, 5.41) is 2.63. The van der Waals surface area contributed by atoms with Gasteiger partial charge in [0, 0.05) is 30.8 Å². The molecule has 10 nitrogen and oxygen atoms in total. The topological polar surface area (TPSA) is 130 Å². The number of ether oxygens (including phenoxy) is 2. The molecule has 38 heavy (non-hydrogen) atoms. The van der Waals surface area contributed by atoms with Gasteiger partial charge in [-0.2, -0.15) is 0 Å². The van der Waals surface area contributed by atoms with Crippen LogP contribution in [0.2, 0.25) is 0 Å². The highest BCUT2D eigenvalue weighted by molar-refractivity contribution is 7.54. The minimum atomic E-state index is -3.87. The average molecular weight is 547 g/mol. The molecular weight excluding hydrogens is 511 g/mol. The highest BCUT2D eigenvalue weighted by Gasteiger charge is 2.49. The number of rotatable bonds is 12. The van der Waals surface area contributed by atoms with Gasteiger partial charge in [0.2, 0.25) is 5.91 Å². The fourth-order valence-electron chi connectivity index (χ4n) is 3.98. The largest absolute Gasteiger partial charge is 0.469 e. The van der Waals surface area contributed by atoms with E-state index < -0.39 is 42.9 Å². The zero-order valence-corrected chi connectivity index (χ0v) is 22.9. The summed E-state index contributed by atoms with van der Waals surface area (Å²) in [6.07, 6.45) is 2.64. The van der Waals surface area contributed by atoms with Crippen molar-refractivity contribution in [1.29, 1.82) is 0 Å². The quantitative estimate of drug-likeness (QED) is 0.315. The van der Waals surface area contributed by atoms with Gasteiger partial charge in [-0.15, -0.1) is 0 Å². The molecule has 0 radical (unpaired) electrons. The molecule has 1 unspecified atom stereocenters. The summed E-state index contributed by atoms with van der Waals surface area (Å²) in [5.41, 5.74) is 0.996. The van der Waals surface area contributed by atoms with E-state index in [1.807, 2.05) is 36.4 Å². The first-order chi connectivity index (χ1) is 18.1. The summed E-state index contributed by atoms with van der Waals surface area (Å²) in [7, 11) is -2.61. The molecule has 1 amide bonds. The maximum absolute atomic E-state index is 13.7. The van der Waals surface area contributed by atoms with E-state index in [0.29, 0.717) is 6.42 Å². The van der Waals surface area contributed by atoms with Crippen molar-refractivity contribution in [3.8, 4) is 0 Å². The lowest BCUT2D eigenvalue weighted by Crippen LogP contribution is -2.50. The molecule has 0 aliphatic carbocycles. The molecule has 3 rings (SSSR count). The molecule has 1 aliphatic heterocycles. The zero-order chi connectivity index (χ0) is 27.6. The lowest BCUT2D eigenvalue weighted by molar-refractivity contribution is -0.148. The van der Waals surface area contributed by atoms with E-state index in [1.165, 1.54) is 7.11 Å². The van der Waals surface area contributed by atoms with E-state index in [-0.39, 0.29) is 38.8 Å². The van der Waals surface area contributed by atoms with Crippen molar-refractivity contribution in [2.75, 3.05) is 33.0 Å². The van der Waals surface area contributed by atoms with Crippen molar-refractivity contribution in [1.82, 2.24) is 10.3 Å². The minimum Gasteiger partial charge on any atom is -0.469 e. The summed E-state index contributed by atoms with van der Waals surface area (Å²) < 4.78 is 35.4. The summed E-state index contributed by atoms with van der Waals surface area (Å²) in [6.45, 7) is 3.71. The standard InChI is InChI=1S/C27H35N2O8P/c1-27(2)19-36-38(33,37-24(27)25(31)29-14-11-23(30)34-3)18-22(16-21-10-7-13-28-17-21)26(32)35-15-12-20-8-5-4-6-9-20/h4-10,13,17,22,24H,11-12,14-16,18-19H2,1-3H3,(H,29,31)/t22-,24+,38?/m1/s1. The molecule has 2 heterocycles. The monoisotopic (exact) mass is 546 g/mol. The Morgan fingerprint density at radius 1 is 1.16 bits per heavy atom. The minimum absolute atomic E-state index is 0.00838. The second-order valence-electron chi connectivity index (χ2n) is 9.82. The molecule has 1 aromatic heterocycles. The number of aromatic nitrogens is 1. The highest BCUT2D eigenvalue weighted by Crippen LogP contribution is 2.57. The van der Waals surface area contributed by atoms with Crippen LogP contribution in [-0.4, -0.2) is 62.0 Å². The third-order valence-corrected chi connectivity index (χ3v) is 8.11. The number of esters is 2. The van der Waals surface area contributed by atoms with Gasteiger partial charge in [0.05, 0.1) is 38.8 Å². The molecule has 1 saturated heterocycles. The lowest BCUT2D eigenvalue weighted by Gasteiger charge is -2.41. The first-order valence-electron chi connectivity index (χ1n) is 12.5. The van der Waals surface area contributed by atoms with E-state index in [1.54, 1.807) is 32.3 Å². The smallest absolute Gasteiger partial charge is 0.332 e. The van der Waals surface area contributed by atoms with Crippen molar-refractivity contribution < 1.29 is 37.5 Å². The molecule has 206 valence electrons. The van der Waals surface area contributed by atoms with Gasteiger partial charge in [0.25, 0.3) is 0 Å². The summed E-state index contributed by atoms with van der Waals surface area (Å²) in [6, 6.07) is 13.2. The van der Waals surface area contributed by atoms with Gasteiger partial charge in [0.1, 0.15) is 0 Å². The molecule has 0 spiro atoms. The second kappa shape index (κ2) is 13.6. The number of benzene rings is 1. The molecule has 1 N–H and O–H groups in total. The van der Waals surface area contributed by atoms with E-state index in [9.17, 15) is 18.9 Å². The molecule has 1 aromatic carbocycles. The maximum Gasteiger partial charge on any atom is 0.332 e. The Hall–Kier alpha value is -3.07. The van der Waals surface area contributed by atoms with E-state index >= 15 is 0 Å². The average Bonchev–Trinajstić information content (AvgIpc) is 2.91. The summed E-state index contributed by atoms with van der Waals surface area (Å²) in [4.78, 5) is 41.5. The van der Waals surface area contributed by atoms with Gasteiger partial charge in [-0.1, -0.05) is 50.2 Å². The summed E-state index contributed by atoms with van der Waals surface area (Å²) in [5.74, 6) is -2.36. The van der Waals surface area contributed by atoms with Crippen LogP contribution < -0.4 is 5.32 Å². The molecule has 1 fully saturated rings. The first kappa shape index (κ1) is 29.5. The molecule has 0 saturated carbocycles. The molecule has 1 aliphatic rings. The predicted molar refractivity (Wildman–Crippen MR) is 139 cm³/mol. The van der Waals surface area contributed by atoms with Crippen LogP contribution in [0, 0.1) is 11.3 Å². The van der Waals surface area contributed by atoms with E-state index in [0.717, 1.165) is 11.1 Å². The van der Waals surface area contributed by atoms with Gasteiger partial charge in [-0.3, -0.25) is 28.5 Å². The highest BCUT2D eigenvalue weighted by atomic mass is 31.2. The van der Waals surface area contributed by atoms with Crippen molar-refractivity contribution in [3.63, 3.8) is 0 Å². The molecule has 11 heteroatoms. The Balaban J connectivity index is 1.69. The Morgan fingerprint density at radius 3 is 2.58 bits per heavy atom. The Bertz CT molecular complexity index is 1130. The summed E-state index contributed by atoms with van der Waals surface area (Å²) >= 11 is 0. The number of methoxy groups -OCH3 is 1. The number of nitrogens with zero attached hydrogens (tertiary/aromatic N) is 1. The number of carbonyl (C=O) groups is 3. The Labute approximate surface area is 222 Å². The van der Waals surface area contributed by atoms with Gasteiger partial charge in [0.15, 0.2) is 6.10 Å². The molecule has 3 atom stereocenters. The first-order valence-corrected chi connectivity index (χ1v) is 14.2. The SMILES string of the molecule is COC(=O)CCNC(=O)[C@@H]1OP(=O)(C[C@@H](Cc2cccnc2)C(=O)OCCc2ccccc2)OCC1(C)C. The fourth-order valence-corrected chi connectivity index (χ4v) is 6.28. The van der Waals surface area contributed by atoms with Crippen molar-refractivity contribution in [2.45, 2.75) is 39.2 Å². The van der Waals surface area contributed by atoms with Crippen LogP contribution in [0.1, 0.15) is 31.4 Å².